The summed E-state index contributed by atoms with van der Waals surface area (Å²) in [4.78, 5) is 4.62. The molecule has 0 atom stereocenters. The summed E-state index contributed by atoms with van der Waals surface area (Å²) in [7, 11) is 0. The van der Waals surface area contributed by atoms with E-state index in [0.29, 0.717) is 0 Å². The van der Waals surface area contributed by atoms with Gasteiger partial charge in [0.25, 0.3) is 0 Å². The van der Waals surface area contributed by atoms with E-state index in [4.69, 9.17) is 0 Å². The maximum Gasteiger partial charge on any atom is 0.123 e. The van der Waals surface area contributed by atoms with Crippen LogP contribution in [-0.2, 0) is 6.42 Å². The number of benzene rings is 2. The third kappa shape index (κ3) is 1.79. The Hall–Kier alpha value is -1.48. The molecule has 0 aliphatic rings. The van der Waals surface area contributed by atoms with Crippen LogP contribution in [-0.4, -0.2) is 4.98 Å². The van der Waals surface area contributed by atoms with E-state index in [9.17, 15) is 4.39 Å². The molecule has 0 N–H and O–H groups in total. The standard InChI is InChI=1S/C15H11BrFN/c1-2-14-13-8-10(17)4-5-11(13)12-7-9(16)3-6-15(12)18-14/h3-8H,2H2,1H3. The number of hydrogen-bond donors (Lipinski definition) is 0. The zero-order valence-electron chi connectivity index (χ0n) is 9.87. The van der Waals surface area contributed by atoms with Gasteiger partial charge in [0.1, 0.15) is 5.82 Å². The minimum absolute atomic E-state index is 0.214. The Morgan fingerprint density at radius 2 is 1.89 bits per heavy atom. The molecule has 3 heteroatoms. The van der Waals surface area contributed by atoms with E-state index >= 15 is 0 Å². The third-order valence-electron chi connectivity index (χ3n) is 3.13. The second-order valence-electron chi connectivity index (χ2n) is 4.26. The maximum absolute atomic E-state index is 13.4. The summed E-state index contributed by atoms with van der Waals surface area (Å²) < 4.78 is 14.4. The molecule has 1 aromatic heterocycles. The molecule has 0 saturated heterocycles. The van der Waals surface area contributed by atoms with Gasteiger partial charge < -0.3 is 0 Å². The number of aryl methyl sites for hydroxylation is 1. The summed E-state index contributed by atoms with van der Waals surface area (Å²) in [6.07, 6.45) is 0.798. The van der Waals surface area contributed by atoms with E-state index in [-0.39, 0.29) is 5.82 Å². The van der Waals surface area contributed by atoms with Crippen molar-refractivity contribution in [3.05, 3.63) is 52.4 Å². The highest BCUT2D eigenvalue weighted by molar-refractivity contribution is 9.10. The average molecular weight is 304 g/mol. The molecule has 1 nitrogen and oxygen atoms in total. The molecule has 0 saturated carbocycles. The number of halogens is 2. The van der Waals surface area contributed by atoms with Gasteiger partial charge in [-0.05, 0) is 42.1 Å². The summed E-state index contributed by atoms with van der Waals surface area (Å²) in [6.45, 7) is 2.04. The smallest absolute Gasteiger partial charge is 0.123 e. The van der Waals surface area contributed by atoms with Gasteiger partial charge in [-0.1, -0.05) is 28.9 Å². The first-order valence-electron chi connectivity index (χ1n) is 5.86. The molecule has 1 heterocycles. The SMILES string of the molecule is CCc1nc2ccc(Br)cc2c2ccc(F)cc12. The molecule has 18 heavy (non-hydrogen) atoms. The highest BCUT2D eigenvalue weighted by Crippen LogP contribution is 2.29. The van der Waals surface area contributed by atoms with Crippen molar-refractivity contribution in [3.63, 3.8) is 0 Å². The zero-order valence-corrected chi connectivity index (χ0v) is 11.5. The lowest BCUT2D eigenvalue weighted by atomic mass is 10.0. The van der Waals surface area contributed by atoms with Crippen LogP contribution in [0.5, 0.6) is 0 Å². The van der Waals surface area contributed by atoms with E-state index in [1.807, 2.05) is 31.2 Å². The van der Waals surface area contributed by atoms with Crippen molar-refractivity contribution in [2.75, 3.05) is 0 Å². The molecule has 2 aromatic carbocycles. The first-order valence-corrected chi connectivity index (χ1v) is 6.65. The first-order chi connectivity index (χ1) is 8.69. The summed E-state index contributed by atoms with van der Waals surface area (Å²) in [5, 5.41) is 3.01. The van der Waals surface area contributed by atoms with Crippen LogP contribution >= 0.6 is 15.9 Å². The van der Waals surface area contributed by atoms with Gasteiger partial charge in [-0.2, -0.15) is 0 Å². The largest absolute Gasteiger partial charge is 0.252 e. The fourth-order valence-corrected chi connectivity index (χ4v) is 2.65. The lowest BCUT2D eigenvalue weighted by Gasteiger charge is -2.08. The minimum Gasteiger partial charge on any atom is -0.252 e. The third-order valence-corrected chi connectivity index (χ3v) is 3.62. The van der Waals surface area contributed by atoms with Crippen LogP contribution in [0.3, 0.4) is 0 Å². The number of rotatable bonds is 1. The fourth-order valence-electron chi connectivity index (χ4n) is 2.29. The van der Waals surface area contributed by atoms with Crippen LogP contribution in [0.1, 0.15) is 12.6 Å². The summed E-state index contributed by atoms with van der Waals surface area (Å²) in [5.41, 5.74) is 1.90. The number of pyridine rings is 1. The monoisotopic (exact) mass is 303 g/mol. The van der Waals surface area contributed by atoms with E-state index in [2.05, 4.69) is 20.9 Å². The molecule has 90 valence electrons. The predicted octanol–water partition coefficient (Wildman–Crippen LogP) is 4.85. The quantitative estimate of drug-likeness (QED) is 0.586. The molecule has 0 spiro atoms. The molecule has 0 fully saturated rings. The Labute approximate surface area is 113 Å². The second-order valence-corrected chi connectivity index (χ2v) is 5.18. The molecular weight excluding hydrogens is 293 g/mol. The average Bonchev–Trinajstić information content (AvgIpc) is 2.37. The minimum atomic E-state index is -0.214. The molecule has 0 aliphatic carbocycles. The van der Waals surface area contributed by atoms with Crippen LogP contribution in [0, 0.1) is 5.82 Å². The summed E-state index contributed by atoms with van der Waals surface area (Å²) >= 11 is 3.47. The Balaban J connectivity index is 2.54. The van der Waals surface area contributed by atoms with Crippen LogP contribution in [0.2, 0.25) is 0 Å². The topological polar surface area (TPSA) is 12.9 Å². The van der Waals surface area contributed by atoms with Gasteiger partial charge in [0, 0.05) is 20.9 Å². The van der Waals surface area contributed by atoms with E-state index < -0.39 is 0 Å². The van der Waals surface area contributed by atoms with Crippen molar-refractivity contribution in [2.45, 2.75) is 13.3 Å². The van der Waals surface area contributed by atoms with Crippen molar-refractivity contribution in [3.8, 4) is 0 Å². The number of hydrogen-bond acceptors (Lipinski definition) is 1. The normalized spacial score (nSPS) is 11.3. The molecule has 0 bridgehead atoms. The van der Waals surface area contributed by atoms with Crippen LogP contribution < -0.4 is 0 Å². The van der Waals surface area contributed by atoms with Crippen molar-refractivity contribution in [1.82, 2.24) is 4.98 Å². The Bertz CT molecular complexity index is 752. The van der Waals surface area contributed by atoms with Gasteiger partial charge in [-0.15, -0.1) is 0 Å². The van der Waals surface area contributed by atoms with E-state index in [1.165, 1.54) is 6.07 Å². The van der Waals surface area contributed by atoms with Crippen molar-refractivity contribution in [1.29, 1.82) is 0 Å². The number of nitrogens with zero attached hydrogens (tertiary/aromatic N) is 1. The molecule has 0 unspecified atom stereocenters. The number of aromatic nitrogens is 1. The van der Waals surface area contributed by atoms with Crippen LogP contribution in [0.15, 0.2) is 40.9 Å². The van der Waals surface area contributed by atoms with Gasteiger partial charge in [0.15, 0.2) is 0 Å². The predicted molar refractivity (Wildman–Crippen MR) is 76.3 cm³/mol. The van der Waals surface area contributed by atoms with Gasteiger partial charge in [-0.25, -0.2) is 4.39 Å². The molecular formula is C15H11BrFN. The molecule has 0 radical (unpaired) electrons. The van der Waals surface area contributed by atoms with Gasteiger partial charge in [0.2, 0.25) is 0 Å². The summed E-state index contributed by atoms with van der Waals surface area (Å²) in [6, 6.07) is 10.9. The lowest BCUT2D eigenvalue weighted by Crippen LogP contribution is -1.92. The highest BCUT2D eigenvalue weighted by atomic mass is 79.9. The molecule has 0 amide bonds. The lowest BCUT2D eigenvalue weighted by molar-refractivity contribution is 0.629. The Kier molecular flexibility index (Phi) is 2.78. The maximum atomic E-state index is 13.4. The molecule has 3 rings (SSSR count). The van der Waals surface area contributed by atoms with Crippen molar-refractivity contribution in [2.24, 2.45) is 0 Å². The van der Waals surface area contributed by atoms with E-state index in [1.54, 1.807) is 6.07 Å². The highest BCUT2D eigenvalue weighted by Gasteiger charge is 2.08. The number of fused-ring (bicyclic) bond motifs is 3. The molecule has 0 aliphatic heterocycles. The second kappa shape index (κ2) is 4.32. The van der Waals surface area contributed by atoms with Crippen LogP contribution in [0.4, 0.5) is 4.39 Å². The zero-order chi connectivity index (χ0) is 12.7. The van der Waals surface area contributed by atoms with Crippen molar-refractivity contribution < 1.29 is 4.39 Å². The fraction of sp³-hybridized carbons (Fsp3) is 0.133. The van der Waals surface area contributed by atoms with Gasteiger partial charge >= 0.3 is 0 Å². The van der Waals surface area contributed by atoms with Gasteiger partial charge in [0.05, 0.1) is 5.52 Å². The summed E-state index contributed by atoms with van der Waals surface area (Å²) in [5.74, 6) is -0.214. The van der Waals surface area contributed by atoms with Crippen molar-refractivity contribution >= 4 is 37.6 Å². The van der Waals surface area contributed by atoms with Gasteiger partial charge in [-0.3, -0.25) is 4.98 Å². The first kappa shape index (κ1) is 11.6. The van der Waals surface area contributed by atoms with E-state index in [0.717, 1.165) is 38.3 Å². The Morgan fingerprint density at radius 1 is 1.06 bits per heavy atom. The molecule has 3 aromatic rings. The Morgan fingerprint density at radius 3 is 2.67 bits per heavy atom. The van der Waals surface area contributed by atoms with Crippen LogP contribution in [0.25, 0.3) is 21.7 Å².